The quantitative estimate of drug-likeness (QED) is 0.613. The van der Waals surface area contributed by atoms with Crippen LogP contribution in [0.25, 0.3) is 10.9 Å². The largest absolute Gasteiger partial charge is 0.681 e. The van der Waals surface area contributed by atoms with Crippen LogP contribution in [0.4, 0.5) is 0 Å². The van der Waals surface area contributed by atoms with E-state index in [1.807, 2.05) is 60.7 Å². The van der Waals surface area contributed by atoms with E-state index in [0.717, 1.165) is 16.7 Å². The molecule has 0 radical (unpaired) electrons. The average molecular weight is 280 g/mol. The molecule has 0 unspecified atom stereocenters. The van der Waals surface area contributed by atoms with E-state index in [2.05, 4.69) is 5.32 Å². The second-order valence-corrected chi connectivity index (χ2v) is 4.40. The molecule has 2 aromatic rings. The summed E-state index contributed by atoms with van der Waals surface area (Å²) in [5, 5.41) is 4.16. The fourth-order valence-corrected chi connectivity index (χ4v) is 2.15. The van der Waals surface area contributed by atoms with Gasteiger partial charge in [0, 0.05) is 0 Å². The predicted octanol–water partition coefficient (Wildman–Crippen LogP) is 4.01. The number of hydrogen-bond donors (Lipinski definition) is 0. The Hall–Kier alpha value is -2.55. The average Bonchev–Trinajstić information content (AvgIpc) is 2.54. The summed E-state index contributed by atoms with van der Waals surface area (Å²) in [5.41, 5.74) is 3.01. The minimum absolute atomic E-state index is 0.328. The minimum Gasteiger partial charge on any atom is -0.681 e. The Bertz CT molecular complexity index is 577. The topological polar surface area (TPSA) is 40.4 Å². The van der Waals surface area contributed by atoms with Gasteiger partial charge in [-0.2, -0.15) is 0 Å². The molecular formula is C18H18NO2-. The smallest absolute Gasteiger partial charge is 0.316 e. The number of hydrogen-bond acceptors (Lipinski definition) is 2. The summed E-state index contributed by atoms with van der Waals surface area (Å²) in [5.74, 6) is -0.400. The fraction of sp³-hybridized carbons (Fsp3) is 0.167. The van der Waals surface area contributed by atoms with E-state index in [9.17, 15) is 4.79 Å². The normalized spacial score (nSPS) is 9.81. The van der Waals surface area contributed by atoms with Crippen LogP contribution in [0.2, 0.25) is 0 Å². The third kappa shape index (κ3) is 3.51. The molecule has 0 aromatic heterocycles. The molecule has 0 aliphatic heterocycles. The molecule has 0 saturated heterocycles. The van der Waals surface area contributed by atoms with Crippen LogP contribution in [0.3, 0.4) is 0 Å². The van der Waals surface area contributed by atoms with Gasteiger partial charge in [0.2, 0.25) is 0 Å². The van der Waals surface area contributed by atoms with Gasteiger partial charge in [-0.05, 0) is 29.3 Å². The lowest BCUT2D eigenvalue weighted by molar-refractivity contribution is -0.138. The van der Waals surface area contributed by atoms with Crippen molar-refractivity contribution in [1.29, 1.82) is 0 Å². The van der Waals surface area contributed by atoms with Crippen molar-refractivity contribution in [3.63, 3.8) is 0 Å². The van der Waals surface area contributed by atoms with Crippen molar-refractivity contribution in [2.24, 2.45) is 0 Å². The maximum Gasteiger partial charge on any atom is 0.316 e. The van der Waals surface area contributed by atoms with Crippen molar-refractivity contribution >= 4 is 11.5 Å². The summed E-state index contributed by atoms with van der Waals surface area (Å²) in [6.45, 7) is 2.12. The van der Waals surface area contributed by atoms with Crippen molar-refractivity contribution in [2.75, 3.05) is 13.7 Å². The first kappa shape index (κ1) is 14.9. The molecule has 21 heavy (non-hydrogen) atoms. The highest BCUT2D eigenvalue weighted by Crippen LogP contribution is 2.29. The standard InChI is InChI=1S/C18H18NO2/c1-3-21-18(20)17(19-2)16(14-10-6-4-7-11-14)15-12-8-5-9-13-15/h4-13H,3H2,1-2H3/q-1. The number of ether oxygens (including phenoxy) is 1. The van der Waals surface area contributed by atoms with Crippen LogP contribution >= 0.6 is 0 Å². The zero-order chi connectivity index (χ0) is 15.1. The van der Waals surface area contributed by atoms with E-state index < -0.39 is 5.97 Å². The highest BCUT2D eigenvalue weighted by molar-refractivity contribution is 6.04. The van der Waals surface area contributed by atoms with Gasteiger partial charge in [-0.15, -0.1) is 7.05 Å². The molecule has 0 heterocycles. The summed E-state index contributed by atoms with van der Waals surface area (Å²) in [4.78, 5) is 12.2. The van der Waals surface area contributed by atoms with Crippen LogP contribution in [0.15, 0.2) is 66.4 Å². The van der Waals surface area contributed by atoms with Gasteiger partial charge in [-0.25, -0.2) is 4.79 Å². The third-order valence-corrected chi connectivity index (χ3v) is 3.05. The van der Waals surface area contributed by atoms with E-state index >= 15 is 0 Å². The van der Waals surface area contributed by atoms with Crippen molar-refractivity contribution < 1.29 is 9.53 Å². The van der Waals surface area contributed by atoms with Crippen LogP contribution in [0, 0.1) is 0 Å². The van der Waals surface area contributed by atoms with Crippen molar-refractivity contribution in [3.8, 4) is 0 Å². The molecule has 0 atom stereocenters. The van der Waals surface area contributed by atoms with E-state index in [1.54, 1.807) is 14.0 Å². The number of rotatable bonds is 5. The SMILES string of the molecule is CCOC(=O)C([N-]C)=C(c1ccccc1)c1ccccc1. The second-order valence-electron chi connectivity index (χ2n) is 4.40. The summed E-state index contributed by atoms with van der Waals surface area (Å²) >= 11 is 0. The fourth-order valence-electron chi connectivity index (χ4n) is 2.15. The van der Waals surface area contributed by atoms with Crippen LogP contribution in [0.5, 0.6) is 0 Å². The predicted molar refractivity (Wildman–Crippen MR) is 84.8 cm³/mol. The summed E-state index contributed by atoms with van der Waals surface area (Å²) in [6, 6.07) is 19.5. The Labute approximate surface area is 125 Å². The number of carbonyl (C=O) groups is 1. The first-order valence-corrected chi connectivity index (χ1v) is 6.90. The number of nitrogens with zero attached hydrogens (tertiary/aromatic N) is 1. The zero-order valence-electron chi connectivity index (χ0n) is 12.2. The molecule has 3 heteroatoms. The summed E-state index contributed by atoms with van der Waals surface area (Å²) in [7, 11) is 1.61. The molecule has 0 N–H and O–H groups in total. The molecule has 0 spiro atoms. The Morgan fingerprint density at radius 3 is 1.81 bits per heavy atom. The Kier molecular flexibility index (Phi) is 5.16. The molecule has 3 nitrogen and oxygen atoms in total. The van der Waals surface area contributed by atoms with E-state index in [4.69, 9.17) is 4.74 Å². The van der Waals surface area contributed by atoms with E-state index in [1.165, 1.54) is 0 Å². The molecule has 2 aromatic carbocycles. The second kappa shape index (κ2) is 7.29. The molecule has 0 fully saturated rings. The monoisotopic (exact) mass is 280 g/mol. The highest BCUT2D eigenvalue weighted by atomic mass is 16.5. The minimum atomic E-state index is -0.400. The van der Waals surface area contributed by atoms with Gasteiger partial charge >= 0.3 is 5.97 Å². The van der Waals surface area contributed by atoms with Gasteiger partial charge in [0.25, 0.3) is 0 Å². The lowest BCUT2D eigenvalue weighted by Crippen LogP contribution is -2.09. The number of esters is 1. The van der Waals surface area contributed by atoms with Gasteiger partial charge in [0.1, 0.15) is 0 Å². The number of benzene rings is 2. The zero-order valence-corrected chi connectivity index (χ0v) is 12.2. The third-order valence-electron chi connectivity index (χ3n) is 3.05. The Balaban J connectivity index is 2.62. The van der Waals surface area contributed by atoms with E-state index in [-0.39, 0.29) is 0 Å². The Morgan fingerprint density at radius 1 is 0.952 bits per heavy atom. The van der Waals surface area contributed by atoms with Crippen LogP contribution in [-0.2, 0) is 9.53 Å². The number of carbonyl (C=O) groups excluding carboxylic acids is 1. The maximum atomic E-state index is 12.2. The summed E-state index contributed by atoms with van der Waals surface area (Å²) in [6.07, 6.45) is 0. The Morgan fingerprint density at radius 2 is 1.43 bits per heavy atom. The number of likely N-dealkylation sites (N-methyl/N-ethyl adjacent to an activating group) is 1. The van der Waals surface area contributed by atoms with Crippen LogP contribution in [0.1, 0.15) is 18.1 Å². The molecule has 2 rings (SSSR count). The van der Waals surface area contributed by atoms with Crippen molar-refractivity contribution in [3.05, 3.63) is 82.8 Å². The molecule has 0 aliphatic rings. The van der Waals surface area contributed by atoms with Crippen LogP contribution in [-0.4, -0.2) is 19.6 Å². The van der Waals surface area contributed by atoms with Crippen LogP contribution < -0.4 is 0 Å². The lowest BCUT2D eigenvalue weighted by Gasteiger charge is -2.23. The van der Waals surface area contributed by atoms with Gasteiger partial charge < -0.3 is 10.1 Å². The molecular weight excluding hydrogens is 262 g/mol. The molecule has 0 aliphatic carbocycles. The molecule has 0 bridgehead atoms. The van der Waals surface area contributed by atoms with Gasteiger partial charge in [0.15, 0.2) is 0 Å². The summed E-state index contributed by atoms with van der Waals surface area (Å²) < 4.78 is 5.13. The van der Waals surface area contributed by atoms with E-state index in [0.29, 0.717) is 12.3 Å². The lowest BCUT2D eigenvalue weighted by atomic mass is 9.96. The molecule has 0 saturated carbocycles. The first-order valence-electron chi connectivity index (χ1n) is 6.90. The molecule has 108 valence electrons. The van der Waals surface area contributed by atoms with Gasteiger partial charge in [0.05, 0.1) is 6.61 Å². The van der Waals surface area contributed by atoms with Crippen molar-refractivity contribution in [2.45, 2.75) is 6.92 Å². The molecule has 0 amide bonds. The maximum absolute atomic E-state index is 12.2. The first-order chi connectivity index (χ1) is 10.3. The van der Waals surface area contributed by atoms with Gasteiger partial charge in [-0.3, -0.25) is 0 Å². The van der Waals surface area contributed by atoms with Crippen molar-refractivity contribution in [1.82, 2.24) is 0 Å². The highest BCUT2D eigenvalue weighted by Gasteiger charge is 2.12. The van der Waals surface area contributed by atoms with Gasteiger partial charge in [-0.1, -0.05) is 60.7 Å².